The van der Waals surface area contributed by atoms with E-state index in [1.54, 1.807) is 6.92 Å². The fraction of sp³-hybridized carbons (Fsp3) is 0.333. The molecular formula is C24H27N3O6. The van der Waals surface area contributed by atoms with E-state index in [9.17, 15) is 19.2 Å². The highest BCUT2D eigenvalue weighted by atomic mass is 16.5. The molecule has 0 heterocycles. The van der Waals surface area contributed by atoms with Gasteiger partial charge in [0.25, 0.3) is 0 Å². The molecule has 3 rings (SSSR count). The van der Waals surface area contributed by atoms with Gasteiger partial charge >= 0.3 is 12.1 Å². The molecule has 0 saturated carbocycles. The van der Waals surface area contributed by atoms with Gasteiger partial charge < -0.3 is 25.8 Å². The van der Waals surface area contributed by atoms with Crippen molar-refractivity contribution in [3.05, 3.63) is 59.7 Å². The van der Waals surface area contributed by atoms with Gasteiger partial charge in [-0.1, -0.05) is 48.5 Å². The lowest BCUT2D eigenvalue weighted by Gasteiger charge is -2.18. The first kappa shape index (κ1) is 23.8. The van der Waals surface area contributed by atoms with Gasteiger partial charge in [0.05, 0.1) is 12.5 Å². The largest absolute Gasteiger partial charge is 0.481 e. The summed E-state index contributed by atoms with van der Waals surface area (Å²) in [6, 6.07) is 15.3. The van der Waals surface area contributed by atoms with E-state index in [-0.39, 0.29) is 25.6 Å². The van der Waals surface area contributed by atoms with Crippen LogP contribution < -0.4 is 16.0 Å². The summed E-state index contributed by atoms with van der Waals surface area (Å²) < 4.78 is 5.35. The van der Waals surface area contributed by atoms with Crippen LogP contribution in [0, 0.1) is 5.92 Å². The van der Waals surface area contributed by atoms with Gasteiger partial charge in [0.1, 0.15) is 13.2 Å². The van der Waals surface area contributed by atoms with Crippen LogP contribution in [0.15, 0.2) is 48.5 Å². The molecule has 2 aromatic rings. The Morgan fingerprint density at radius 1 is 0.879 bits per heavy atom. The number of ether oxygens (including phenoxy) is 1. The summed E-state index contributed by atoms with van der Waals surface area (Å²) in [5.41, 5.74) is 4.40. The quantitative estimate of drug-likeness (QED) is 0.458. The molecule has 4 N–H and O–H groups in total. The lowest BCUT2D eigenvalue weighted by Crippen LogP contribution is -2.46. The van der Waals surface area contributed by atoms with Crippen LogP contribution in [-0.4, -0.2) is 54.7 Å². The average Bonchev–Trinajstić information content (AvgIpc) is 3.13. The fourth-order valence-corrected chi connectivity index (χ4v) is 3.69. The van der Waals surface area contributed by atoms with Crippen LogP contribution in [0.5, 0.6) is 0 Å². The molecule has 9 nitrogen and oxygen atoms in total. The summed E-state index contributed by atoms with van der Waals surface area (Å²) in [6.45, 7) is 2.48. The number of rotatable bonds is 9. The van der Waals surface area contributed by atoms with Crippen molar-refractivity contribution in [3.63, 3.8) is 0 Å². The summed E-state index contributed by atoms with van der Waals surface area (Å²) in [4.78, 5) is 46.8. The van der Waals surface area contributed by atoms with E-state index < -0.39 is 35.8 Å². The average molecular weight is 453 g/mol. The predicted molar refractivity (Wildman–Crippen MR) is 120 cm³/mol. The van der Waals surface area contributed by atoms with Crippen LogP contribution in [0.2, 0.25) is 0 Å². The maximum absolute atomic E-state index is 12.1. The van der Waals surface area contributed by atoms with Gasteiger partial charge in [-0.05, 0) is 36.1 Å². The Labute approximate surface area is 191 Å². The monoisotopic (exact) mass is 453 g/mol. The number of hydrogen-bond donors (Lipinski definition) is 4. The van der Waals surface area contributed by atoms with Crippen molar-refractivity contribution in [2.45, 2.75) is 25.8 Å². The standard InChI is InChI=1S/C24H27N3O6/c1-14(23(30)31)15(2)27-22(29)12-25-21(28)11-26-24(32)33-13-20-18-9-5-3-7-16(18)17-8-4-6-10-19(17)20/h3-10,14-15,20H,11-13H2,1-2H3,(H,25,28)(H,26,32)(H,27,29)(H,30,31). The van der Waals surface area contributed by atoms with Crippen molar-refractivity contribution < 1.29 is 29.0 Å². The fourth-order valence-electron chi connectivity index (χ4n) is 3.69. The van der Waals surface area contributed by atoms with Crippen LogP contribution in [0.25, 0.3) is 11.1 Å². The third-order valence-electron chi connectivity index (χ3n) is 5.71. The number of carboxylic acids is 1. The van der Waals surface area contributed by atoms with Crippen molar-refractivity contribution in [1.82, 2.24) is 16.0 Å². The second kappa shape index (κ2) is 10.6. The number of benzene rings is 2. The molecule has 0 aliphatic heterocycles. The Kier molecular flexibility index (Phi) is 7.66. The number of carbonyl (C=O) groups is 4. The Morgan fingerprint density at radius 2 is 1.42 bits per heavy atom. The lowest BCUT2D eigenvalue weighted by atomic mass is 9.98. The molecule has 1 aliphatic carbocycles. The predicted octanol–water partition coefficient (Wildman–Crippen LogP) is 1.87. The summed E-state index contributed by atoms with van der Waals surface area (Å²) in [7, 11) is 0. The number of amides is 3. The van der Waals surface area contributed by atoms with E-state index in [1.165, 1.54) is 6.92 Å². The molecule has 0 fully saturated rings. The highest BCUT2D eigenvalue weighted by molar-refractivity contribution is 5.87. The van der Waals surface area contributed by atoms with Crippen molar-refractivity contribution in [3.8, 4) is 11.1 Å². The minimum atomic E-state index is -1.03. The van der Waals surface area contributed by atoms with E-state index in [0.29, 0.717) is 0 Å². The van der Waals surface area contributed by atoms with E-state index >= 15 is 0 Å². The van der Waals surface area contributed by atoms with Crippen LogP contribution in [0.3, 0.4) is 0 Å². The first-order valence-electron chi connectivity index (χ1n) is 10.7. The number of carbonyl (C=O) groups excluding carboxylic acids is 3. The maximum Gasteiger partial charge on any atom is 0.407 e. The molecular weight excluding hydrogens is 426 g/mol. The molecule has 1 aliphatic rings. The minimum absolute atomic E-state index is 0.0872. The zero-order valence-electron chi connectivity index (χ0n) is 18.5. The molecule has 2 atom stereocenters. The molecule has 174 valence electrons. The number of fused-ring (bicyclic) bond motifs is 3. The van der Waals surface area contributed by atoms with E-state index in [2.05, 4.69) is 16.0 Å². The van der Waals surface area contributed by atoms with E-state index in [4.69, 9.17) is 9.84 Å². The van der Waals surface area contributed by atoms with Crippen LogP contribution >= 0.6 is 0 Å². The van der Waals surface area contributed by atoms with E-state index in [0.717, 1.165) is 22.3 Å². The Balaban J connectivity index is 1.42. The summed E-state index contributed by atoms with van der Waals surface area (Å²) >= 11 is 0. The molecule has 0 aromatic heterocycles. The van der Waals surface area contributed by atoms with Crippen molar-refractivity contribution in [2.24, 2.45) is 5.92 Å². The molecule has 0 spiro atoms. The second-order valence-electron chi connectivity index (χ2n) is 7.94. The molecule has 0 bridgehead atoms. The van der Waals surface area contributed by atoms with Gasteiger partial charge in [-0.25, -0.2) is 4.79 Å². The third kappa shape index (κ3) is 5.88. The number of hydrogen-bond acceptors (Lipinski definition) is 5. The number of aliphatic carboxylic acids is 1. The van der Waals surface area contributed by atoms with Crippen molar-refractivity contribution in [2.75, 3.05) is 19.7 Å². The Bertz CT molecular complexity index is 1010. The molecule has 33 heavy (non-hydrogen) atoms. The van der Waals surface area contributed by atoms with E-state index in [1.807, 2.05) is 48.5 Å². The van der Waals surface area contributed by atoms with Gasteiger partial charge in [-0.15, -0.1) is 0 Å². The second-order valence-corrected chi connectivity index (χ2v) is 7.94. The molecule has 2 aromatic carbocycles. The third-order valence-corrected chi connectivity index (χ3v) is 5.71. The number of nitrogens with one attached hydrogen (secondary N) is 3. The topological polar surface area (TPSA) is 134 Å². The zero-order chi connectivity index (χ0) is 24.0. The molecule has 2 unspecified atom stereocenters. The normalized spacial score (nSPS) is 13.8. The Morgan fingerprint density at radius 3 is 2.00 bits per heavy atom. The molecule has 9 heteroatoms. The highest BCUT2D eigenvalue weighted by Gasteiger charge is 2.29. The molecule has 3 amide bonds. The first-order valence-corrected chi connectivity index (χ1v) is 10.7. The summed E-state index contributed by atoms with van der Waals surface area (Å²) in [5, 5.41) is 16.2. The van der Waals surface area contributed by atoms with Gasteiger partial charge in [-0.2, -0.15) is 0 Å². The summed E-state index contributed by atoms with van der Waals surface area (Å²) in [5.74, 6) is -2.97. The number of carboxylic acid groups (broad SMARTS) is 1. The first-order chi connectivity index (χ1) is 15.8. The zero-order valence-corrected chi connectivity index (χ0v) is 18.5. The van der Waals surface area contributed by atoms with Gasteiger partial charge in [-0.3, -0.25) is 14.4 Å². The lowest BCUT2D eigenvalue weighted by molar-refractivity contribution is -0.142. The van der Waals surface area contributed by atoms with Crippen LogP contribution in [0.1, 0.15) is 30.9 Å². The molecule has 0 radical (unpaired) electrons. The summed E-state index contributed by atoms with van der Waals surface area (Å²) in [6.07, 6.45) is -0.736. The number of alkyl carbamates (subject to hydrolysis) is 1. The van der Waals surface area contributed by atoms with Crippen LogP contribution in [0.4, 0.5) is 4.79 Å². The van der Waals surface area contributed by atoms with Gasteiger partial charge in [0.2, 0.25) is 11.8 Å². The minimum Gasteiger partial charge on any atom is -0.481 e. The van der Waals surface area contributed by atoms with Crippen LogP contribution in [-0.2, 0) is 19.1 Å². The van der Waals surface area contributed by atoms with Crippen molar-refractivity contribution in [1.29, 1.82) is 0 Å². The maximum atomic E-state index is 12.1. The SMILES string of the molecule is CC(NC(=O)CNC(=O)CNC(=O)OCC1c2ccccc2-c2ccccc21)C(C)C(=O)O. The smallest absolute Gasteiger partial charge is 0.407 e. The molecule has 0 saturated heterocycles. The van der Waals surface area contributed by atoms with Gasteiger partial charge in [0.15, 0.2) is 0 Å². The Hall–Kier alpha value is -3.88. The van der Waals surface area contributed by atoms with Gasteiger partial charge in [0, 0.05) is 12.0 Å². The highest BCUT2D eigenvalue weighted by Crippen LogP contribution is 2.44. The van der Waals surface area contributed by atoms with Crippen molar-refractivity contribution >= 4 is 23.9 Å².